The summed E-state index contributed by atoms with van der Waals surface area (Å²) in [7, 11) is 0. The number of rotatable bonds is 6. The van der Waals surface area contributed by atoms with Gasteiger partial charge >= 0.3 is 0 Å². The zero-order valence-electron chi connectivity index (χ0n) is 34.5. The van der Waals surface area contributed by atoms with E-state index in [9.17, 15) is 0 Å². The van der Waals surface area contributed by atoms with E-state index in [2.05, 4.69) is 205 Å². The van der Waals surface area contributed by atoms with Crippen LogP contribution < -0.4 is 0 Å². The Balaban J connectivity index is 0.968. The summed E-state index contributed by atoms with van der Waals surface area (Å²) in [4.78, 5) is 16.0. The molecular formula is C59H36N4S. The summed E-state index contributed by atoms with van der Waals surface area (Å²) in [5, 5.41) is 8.54. The van der Waals surface area contributed by atoms with Crippen LogP contribution in [0, 0.1) is 0 Å². The maximum atomic E-state index is 5.53. The van der Waals surface area contributed by atoms with Crippen molar-refractivity contribution in [2.45, 2.75) is 0 Å². The Bertz CT molecular complexity index is 3930. The maximum absolute atomic E-state index is 5.53. The van der Waals surface area contributed by atoms with Crippen molar-refractivity contribution >= 4 is 75.0 Å². The molecule has 4 aromatic heterocycles. The molecule has 64 heavy (non-hydrogen) atoms. The lowest BCUT2D eigenvalue weighted by Gasteiger charge is -2.15. The molecule has 0 atom stereocenters. The Morgan fingerprint density at radius 1 is 0.344 bits per heavy atom. The molecule has 0 aliphatic rings. The fourth-order valence-corrected chi connectivity index (χ4v) is 10.8. The first-order chi connectivity index (χ1) is 31.7. The Labute approximate surface area is 373 Å². The lowest BCUT2D eigenvalue weighted by atomic mass is 9.93. The minimum absolute atomic E-state index is 0.690. The van der Waals surface area contributed by atoms with Gasteiger partial charge < -0.3 is 4.57 Å². The van der Waals surface area contributed by atoms with Crippen molar-refractivity contribution < 1.29 is 0 Å². The average Bonchev–Trinajstić information content (AvgIpc) is 3.92. The van der Waals surface area contributed by atoms with E-state index in [0.29, 0.717) is 5.82 Å². The van der Waals surface area contributed by atoms with Gasteiger partial charge in [-0.2, -0.15) is 0 Å². The molecular weight excluding hydrogens is 797 g/mol. The Morgan fingerprint density at radius 3 is 1.77 bits per heavy atom. The van der Waals surface area contributed by atoms with Crippen LogP contribution in [0.4, 0.5) is 0 Å². The molecule has 13 aromatic rings. The van der Waals surface area contributed by atoms with Gasteiger partial charge in [-0.25, -0.2) is 15.0 Å². The summed E-state index contributed by atoms with van der Waals surface area (Å²) in [6.45, 7) is 0. The van der Waals surface area contributed by atoms with Gasteiger partial charge in [0, 0.05) is 80.6 Å². The summed E-state index contributed by atoms with van der Waals surface area (Å²) in [5.74, 6) is 0.690. The number of hydrogen-bond acceptors (Lipinski definition) is 4. The minimum Gasteiger partial charge on any atom is -0.309 e. The van der Waals surface area contributed by atoms with Crippen molar-refractivity contribution in [3.63, 3.8) is 0 Å². The zero-order chi connectivity index (χ0) is 42.1. The van der Waals surface area contributed by atoms with Crippen LogP contribution in [0.2, 0.25) is 0 Å². The zero-order valence-corrected chi connectivity index (χ0v) is 35.3. The summed E-state index contributed by atoms with van der Waals surface area (Å²) >= 11 is 1.85. The first-order valence-electron chi connectivity index (χ1n) is 21.6. The topological polar surface area (TPSA) is 43.6 Å². The number of hydrogen-bond donors (Lipinski definition) is 0. The van der Waals surface area contributed by atoms with Crippen LogP contribution in [0.1, 0.15) is 0 Å². The van der Waals surface area contributed by atoms with E-state index in [1.807, 2.05) is 29.5 Å². The van der Waals surface area contributed by atoms with E-state index in [1.165, 1.54) is 41.8 Å². The van der Waals surface area contributed by atoms with E-state index in [1.54, 1.807) is 0 Å². The van der Waals surface area contributed by atoms with Gasteiger partial charge in [0.05, 0.1) is 33.6 Å². The largest absolute Gasteiger partial charge is 0.309 e. The highest BCUT2D eigenvalue weighted by Gasteiger charge is 2.20. The van der Waals surface area contributed by atoms with Gasteiger partial charge in [-0.05, 0) is 54.1 Å². The highest BCUT2D eigenvalue weighted by atomic mass is 32.1. The molecule has 9 aromatic carbocycles. The highest BCUT2D eigenvalue weighted by Crippen LogP contribution is 2.45. The monoisotopic (exact) mass is 832 g/mol. The number of fused-ring (bicyclic) bond motifs is 10. The maximum Gasteiger partial charge on any atom is 0.160 e. The van der Waals surface area contributed by atoms with Crippen LogP contribution in [0.15, 0.2) is 218 Å². The van der Waals surface area contributed by atoms with Crippen LogP contribution in [-0.4, -0.2) is 19.5 Å². The third kappa shape index (κ3) is 5.86. The molecule has 0 N–H and O–H groups in total. The first kappa shape index (κ1) is 36.4. The van der Waals surface area contributed by atoms with Gasteiger partial charge in [0.25, 0.3) is 0 Å². The molecule has 0 saturated carbocycles. The lowest BCUT2D eigenvalue weighted by molar-refractivity contribution is 1.18. The van der Waals surface area contributed by atoms with Crippen LogP contribution in [0.3, 0.4) is 0 Å². The van der Waals surface area contributed by atoms with Crippen LogP contribution >= 0.6 is 11.3 Å². The molecule has 0 bridgehead atoms. The molecule has 0 saturated heterocycles. The van der Waals surface area contributed by atoms with Crippen molar-refractivity contribution in [2.24, 2.45) is 0 Å². The first-order valence-corrected chi connectivity index (χ1v) is 22.4. The normalized spacial score (nSPS) is 11.8. The Hall–Kier alpha value is -8.25. The van der Waals surface area contributed by atoms with Crippen molar-refractivity contribution in [3.8, 4) is 62.0 Å². The SMILES string of the molecule is c1ccc(-c2nc(-c3ccc(-c4cccc5c4nc(-c4ccccc4)c4ccc6sc7ccccc7c6c45)cc3)cc(-c3ccc4c(c3)c3ccccc3n4-c3ccccc3)n2)cc1. The number of para-hydroxylation sites is 3. The van der Waals surface area contributed by atoms with Gasteiger partial charge in [-0.15, -0.1) is 11.3 Å². The lowest BCUT2D eigenvalue weighted by Crippen LogP contribution is -1.96. The predicted molar refractivity (Wildman–Crippen MR) is 269 cm³/mol. The predicted octanol–water partition coefficient (Wildman–Crippen LogP) is 16.0. The van der Waals surface area contributed by atoms with Gasteiger partial charge in [0.2, 0.25) is 0 Å². The fourth-order valence-electron chi connectivity index (χ4n) is 9.65. The van der Waals surface area contributed by atoms with E-state index < -0.39 is 0 Å². The quantitative estimate of drug-likeness (QED) is 0.157. The second-order valence-corrected chi connectivity index (χ2v) is 17.4. The molecule has 0 spiro atoms. The van der Waals surface area contributed by atoms with E-state index in [4.69, 9.17) is 15.0 Å². The molecule has 5 heteroatoms. The molecule has 0 amide bonds. The third-order valence-electron chi connectivity index (χ3n) is 12.6. The number of nitrogens with zero attached hydrogens (tertiary/aromatic N) is 4. The second kappa shape index (κ2) is 14.7. The minimum atomic E-state index is 0.690. The van der Waals surface area contributed by atoms with Crippen LogP contribution in [0.25, 0.3) is 126 Å². The van der Waals surface area contributed by atoms with E-state index in [0.717, 1.165) is 78.0 Å². The molecule has 0 aliphatic carbocycles. The average molecular weight is 833 g/mol. The molecule has 4 heterocycles. The van der Waals surface area contributed by atoms with Gasteiger partial charge in [-0.1, -0.05) is 170 Å². The molecule has 0 aliphatic heterocycles. The fraction of sp³-hybridized carbons (Fsp3) is 0. The van der Waals surface area contributed by atoms with E-state index >= 15 is 0 Å². The number of pyridine rings is 1. The van der Waals surface area contributed by atoms with Gasteiger partial charge in [0.15, 0.2) is 5.82 Å². The molecule has 298 valence electrons. The Kier molecular flexibility index (Phi) is 8.36. The van der Waals surface area contributed by atoms with Crippen molar-refractivity contribution in [1.82, 2.24) is 19.5 Å². The third-order valence-corrected chi connectivity index (χ3v) is 13.7. The standard InChI is InChI=1S/C59H36N4S/c1-4-15-39(16-5-1)57-47-32-34-54-56(45-22-11-13-26-53(45)64-54)55(47)46-24-14-23-43(58(46)62-57)37-27-29-38(30-28-37)49-36-50(61-59(60-49)40-17-6-2-7-18-40)41-31-33-52-48(35-41)44-21-10-12-25-51(44)63(52)42-19-8-3-9-20-42/h1-36H. The molecule has 4 nitrogen and oxygen atoms in total. The second-order valence-electron chi connectivity index (χ2n) is 16.3. The van der Waals surface area contributed by atoms with Crippen molar-refractivity contribution in [2.75, 3.05) is 0 Å². The summed E-state index contributed by atoms with van der Waals surface area (Å²) in [5.41, 5.74) is 13.5. The number of thiophene rings is 1. The smallest absolute Gasteiger partial charge is 0.160 e. The molecule has 0 radical (unpaired) electrons. The van der Waals surface area contributed by atoms with E-state index in [-0.39, 0.29) is 0 Å². The van der Waals surface area contributed by atoms with Crippen LogP contribution in [0.5, 0.6) is 0 Å². The summed E-state index contributed by atoms with van der Waals surface area (Å²) in [6, 6.07) is 77.7. The Morgan fingerprint density at radius 2 is 0.969 bits per heavy atom. The number of benzene rings is 9. The van der Waals surface area contributed by atoms with Crippen molar-refractivity contribution in [1.29, 1.82) is 0 Å². The van der Waals surface area contributed by atoms with Crippen LogP contribution in [-0.2, 0) is 0 Å². The number of aromatic nitrogens is 4. The summed E-state index contributed by atoms with van der Waals surface area (Å²) in [6.07, 6.45) is 0. The highest BCUT2D eigenvalue weighted by molar-refractivity contribution is 7.26. The van der Waals surface area contributed by atoms with Gasteiger partial charge in [0.1, 0.15) is 0 Å². The summed E-state index contributed by atoms with van der Waals surface area (Å²) < 4.78 is 4.92. The van der Waals surface area contributed by atoms with Crippen molar-refractivity contribution in [3.05, 3.63) is 218 Å². The molecule has 0 fully saturated rings. The molecule has 13 rings (SSSR count). The van der Waals surface area contributed by atoms with Gasteiger partial charge in [-0.3, -0.25) is 0 Å². The molecule has 0 unspecified atom stereocenters.